The monoisotopic (exact) mass is 530 g/mol. The lowest BCUT2D eigenvalue weighted by molar-refractivity contribution is -0.225. The number of allylic oxidation sites excluding steroid dienone is 1. The number of fused-ring (bicyclic) bond motifs is 3. The molecule has 4 N–H and O–H groups in total. The lowest BCUT2D eigenvalue weighted by atomic mass is 9.45. The Morgan fingerprint density at radius 2 is 1.92 bits per heavy atom. The van der Waals surface area contributed by atoms with Crippen LogP contribution in [-0.4, -0.2) is 55.7 Å². The molecule has 5 aliphatic rings. The molecule has 0 aromatic heterocycles. The molecule has 8 nitrogen and oxygen atoms in total. The Morgan fingerprint density at radius 3 is 2.58 bits per heavy atom. The van der Waals surface area contributed by atoms with E-state index in [1.807, 2.05) is 13.0 Å². The summed E-state index contributed by atoms with van der Waals surface area (Å²) in [6, 6.07) is -0.125. The van der Waals surface area contributed by atoms with Crippen LogP contribution in [0.2, 0.25) is 0 Å². The summed E-state index contributed by atoms with van der Waals surface area (Å²) in [4.78, 5) is 38.8. The predicted molar refractivity (Wildman–Crippen MR) is 141 cm³/mol. The van der Waals surface area contributed by atoms with E-state index in [1.54, 1.807) is 0 Å². The lowest BCUT2D eigenvalue weighted by Gasteiger charge is -2.63. The topological polar surface area (TPSA) is 131 Å². The number of ether oxygens (including phenoxy) is 3. The van der Waals surface area contributed by atoms with Gasteiger partial charge in [-0.25, -0.2) is 0 Å². The fourth-order valence-electron chi connectivity index (χ4n) is 9.29. The second kappa shape index (κ2) is 10.7. The highest BCUT2D eigenvalue weighted by Crippen LogP contribution is 2.64. The van der Waals surface area contributed by atoms with Crippen molar-refractivity contribution >= 4 is 17.7 Å². The molecule has 212 valence electrons. The van der Waals surface area contributed by atoms with Crippen LogP contribution in [0.25, 0.3) is 0 Å². The average Bonchev–Trinajstić information content (AvgIpc) is 2.82. The van der Waals surface area contributed by atoms with Crippen LogP contribution in [0.5, 0.6) is 0 Å². The van der Waals surface area contributed by atoms with Crippen molar-refractivity contribution in [1.29, 1.82) is 0 Å². The summed E-state index contributed by atoms with van der Waals surface area (Å²) in [5.41, 5.74) is 12.8. The second-order valence-corrected chi connectivity index (χ2v) is 13.3. The van der Waals surface area contributed by atoms with Crippen LogP contribution < -0.4 is 11.5 Å². The van der Waals surface area contributed by atoms with E-state index in [4.69, 9.17) is 25.7 Å². The molecule has 5 rings (SSSR count). The summed E-state index contributed by atoms with van der Waals surface area (Å²) >= 11 is 0. The smallest absolute Gasteiger partial charge is 0.302 e. The van der Waals surface area contributed by atoms with E-state index in [0.29, 0.717) is 32.2 Å². The van der Waals surface area contributed by atoms with E-state index in [0.717, 1.165) is 37.7 Å². The Balaban J connectivity index is 1.50. The summed E-state index contributed by atoms with van der Waals surface area (Å²) in [6.45, 7) is 9.13. The molecular formula is C30H46N2O6. The van der Waals surface area contributed by atoms with Crippen LogP contribution in [0, 0.1) is 52.8 Å². The van der Waals surface area contributed by atoms with Crippen molar-refractivity contribution in [1.82, 2.24) is 0 Å². The Kier molecular flexibility index (Phi) is 7.79. The van der Waals surface area contributed by atoms with E-state index in [9.17, 15) is 14.4 Å². The molecule has 1 aliphatic heterocycles. The fraction of sp³-hybridized carbons (Fsp3) is 0.833. The third-order valence-electron chi connectivity index (χ3n) is 10.4. The second-order valence-electron chi connectivity index (χ2n) is 13.3. The van der Waals surface area contributed by atoms with Crippen LogP contribution in [0.1, 0.15) is 66.2 Å². The molecule has 1 saturated heterocycles. The highest BCUT2D eigenvalue weighted by atomic mass is 16.6. The van der Waals surface area contributed by atoms with Crippen molar-refractivity contribution in [3.63, 3.8) is 0 Å². The number of nitrogens with two attached hydrogens (primary N) is 2. The molecule has 1 amide bonds. The number of primary amides is 1. The molecule has 0 aromatic carbocycles. The van der Waals surface area contributed by atoms with Gasteiger partial charge in [-0.2, -0.15) is 0 Å². The Labute approximate surface area is 226 Å². The molecule has 38 heavy (non-hydrogen) atoms. The third kappa shape index (κ3) is 4.75. The molecule has 0 radical (unpaired) electrons. The molecule has 4 fully saturated rings. The van der Waals surface area contributed by atoms with Crippen LogP contribution in [0.3, 0.4) is 0 Å². The Hall–Kier alpha value is -1.77. The van der Waals surface area contributed by atoms with Crippen molar-refractivity contribution in [2.45, 2.75) is 84.5 Å². The zero-order valence-corrected chi connectivity index (χ0v) is 23.4. The molecule has 8 unspecified atom stereocenters. The van der Waals surface area contributed by atoms with Crippen molar-refractivity contribution in [2.24, 2.45) is 64.2 Å². The zero-order chi connectivity index (χ0) is 27.4. The molecule has 0 spiro atoms. The number of hydrogen-bond donors (Lipinski definition) is 2. The summed E-state index contributed by atoms with van der Waals surface area (Å²) in [7, 11) is 0. The number of esters is 1. The average molecular weight is 531 g/mol. The maximum Gasteiger partial charge on any atom is 0.302 e. The van der Waals surface area contributed by atoms with E-state index < -0.39 is 12.0 Å². The number of hydrogen-bond acceptors (Lipinski definition) is 7. The van der Waals surface area contributed by atoms with E-state index in [2.05, 4.69) is 13.8 Å². The van der Waals surface area contributed by atoms with Gasteiger partial charge in [-0.15, -0.1) is 0 Å². The quantitative estimate of drug-likeness (QED) is 0.484. The molecule has 1 heterocycles. The maximum atomic E-state index is 13.9. The highest BCUT2D eigenvalue weighted by Gasteiger charge is 2.64. The molecule has 2 bridgehead atoms. The van der Waals surface area contributed by atoms with E-state index in [1.165, 1.54) is 6.92 Å². The first kappa shape index (κ1) is 27.8. The highest BCUT2D eigenvalue weighted by molar-refractivity contribution is 5.97. The van der Waals surface area contributed by atoms with Crippen LogP contribution in [0.15, 0.2) is 11.6 Å². The number of ketones is 1. The molecule has 8 heteroatoms. The molecule has 11 atom stereocenters. The van der Waals surface area contributed by atoms with Gasteiger partial charge in [-0.1, -0.05) is 19.4 Å². The van der Waals surface area contributed by atoms with Gasteiger partial charge < -0.3 is 25.7 Å². The minimum Gasteiger partial charge on any atom is -0.460 e. The van der Waals surface area contributed by atoms with Gasteiger partial charge in [0.25, 0.3) is 0 Å². The van der Waals surface area contributed by atoms with Gasteiger partial charge in [-0.3, -0.25) is 14.4 Å². The van der Waals surface area contributed by atoms with E-state index in [-0.39, 0.29) is 70.7 Å². The van der Waals surface area contributed by atoms with Gasteiger partial charge in [0.15, 0.2) is 5.78 Å². The van der Waals surface area contributed by atoms with Gasteiger partial charge in [0.05, 0.1) is 31.8 Å². The van der Waals surface area contributed by atoms with Crippen LogP contribution in [0.4, 0.5) is 0 Å². The molecule has 4 aliphatic carbocycles. The maximum absolute atomic E-state index is 13.9. The van der Waals surface area contributed by atoms with Crippen molar-refractivity contribution < 1.29 is 28.6 Å². The summed E-state index contributed by atoms with van der Waals surface area (Å²) in [6.07, 6.45) is 6.55. The first-order chi connectivity index (χ1) is 18.0. The lowest BCUT2D eigenvalue weighted by Crippen LogP contribution is -2.64. The van der Waals surface area contributed by atoms with Crippen molar-refractivity contribution in [2.75, 3.05) is 19.8 Å². The number of carbonyl (C=O) groups is 3. The SMILES string of the molecule is CC(=O)O[C@@H]1C[C@]23COCC(C2CCC2C3=CC(=O)C3C2CCC(CC(C)C)C3C(N)=O)[C@H]1OCC(C)N. The molecule has 0 aromatic rings. The Bertz CT molecular complexity index is 978. The third-order valence-corrected chi connectivity index (χ3v) is 10.4. The first-order valence-electron chi connectivity index (χ1n) is 14.7. The van der Waals surface area contributed by atoms with Gasteiger partial charge >= 0.3 is 5.97 Å². The standard InChI is InChI=1S/C30H46N2O6/c1-15(2)9-18-5-6-20-19-7-8-22-21-13-36-14-30(22,23(19)10-24(34)27(20)26(18)29(32)35)11-25(38-17(4)33)28(21)37-12-16(3)31/h10,15-16,18-22,25-28H,5-9,11-14,31H2,1-4H3,(H2,32,35)/t16?,18?,19?,20?,21?,22?,25-,26?,27?,28-,30+/m1/s1. The summed E-state index contributed by atoms with van der Waals surface area (Å²) in [5, 5.41) is 0. The van der Waals surface area contributed by atoms with Gasteiger partial charge in [0.1, 0.15) is 6.10 Å². The Morgan fingerprint density at radius 1 is 1.16 bits per heavy atom. The van der Waals surface area contributed by atoms with Gasteiger partial charge in [0.2, 0.25) is 5.91 Å². The van der Waals surface area contributed by atoms with Crippen molar-refractivity contribution in [3.8, 4) is 0 Å². The fourth-order valence-corrected chi connectivity index (χ4v) is 9.29. The van der Waals surface area contributed by atoms with Gasteiger partial charge in [-0.05, 0) is 81.1 Å². The zero-order valence-electron chi connectivity index (χ0n) is 23.4. The number of amides is 1. The molecular weight excluding hydrogens is 484 g/mol. The van der Waals surface area contributed by atoms with E-state index >= 15 is 0 Å². The minimum absolute atomic E-state index is 0.0509. The largest absolute Gasteiger partial charge is 0.460 e. The van der Waals surface area contributed by atoms with Crippen molar-refractivity contribution in [3.05, 3.63) is 11.6 Å². The summed E-state index contributed by atoms with van der Waals surface area (Å²) < 4.78 is 18.4. The van der Waals surface area contributed by atoms with Gasteiger partial charge in [0, 0.05) is 30.2 Å². The number of carbonyl (C=O) groups excluding carboxylic acids is 3. The minimum atomic E-state index is -0.413. The summed E-state index contributed by atoms with van der Waals surface area (Å²) in [5.74, 6) is -0.0247. The number of rotatable bonds is 7. The van der Waals surface area contributed by atoms with Crippen LogP contribution in [-0.2, 0) is 28.6 Å². The first-order valence-corrected chi connectivity index (χ1v) is 14.7. The van der Waals surface area contributed by atoms with Crippen LogP contribution >= 0.6 is 0 Å². The predicted octanol–water partition coefficient (Wildman–Crippen LogP) is 3.01. The normalized spacial score (nSPS) is 42.8. The molecule has 3 saturated carbocycles.